The molecule has 0 aliphatic carbocycles. The molecule has 2 heterocycles. The Hall–Kier alpha value is -2.52. The normalized spacial score (nSPS) is 12.1. The number of esters is 1. The van der Waals surface area contributed by atoms with Crippen LogP contribution in [0.5, 0.6) is 0 Å². The van der Waals surface area contributed by atoms with Crippen LogP contribution in [0.1, 0.15) is 24.2 Å². The molecule has 0 bridgehead atoms. The first-order chi connectivity index (χ1) is 11.2. The molecule has 9 heteroatoms. The van der Waals surface area contributed by atoms with Crippen LogP contribution >= 0.6 is 0 Å². The number of ether oxygens (including phenoxy) is 1. The third kappa shape index (κ3) is 3.46. The zero-order valence-corrected chi connectivity index (χ0v) is 12.9. The largest absolute Gasteiger partial charge is 0.462 e. The number of anilines is 1. The third-order valence-electron chi connectivity index (χ3n) is 3.20. The van der Waals surface area contributed by atoms with Crippen LogP contribution in [0.25, 0.3) is 11.0 Å². The Morgan fingerprint density at radius 2 is 2.26 bits per heavy atom. The predicted octanol–water partition coefficient (Wildman–Crippen LogP) is 0.104. The maximum Gasteiger partial charge on any atom is 0.341 e. The van der Waals surface area contributed by atoms with E-state index in [1.807, 2.05) is 6.92 Å². The van der Waals surface area contributed by atoms with Crippen LogP contribution in [-0.2, 0) is 16.1 Å². The topological polar surface area (TPSA) is 118 Å². The summed E-state index contributed by atoms with van der Waals surface area (Å²) in [6, 6.07) is -0.811. The van der Waals surface area contributed by atoms with Crippen molar-refractivity contribution in [3.05, 3.63) is 18.0 Å². The van der Waals surface area contributed by atoms with Crippen LogP contribution < -0.4 is 10.9 Å². The fourth-order valence-corrected chi connectivity index (χ4v) is 2.04. The summed E-state index contributed by atoms with van der Waals surface area (Å²) in [5.74, 6) is -0.540. The number of aldehydes is 1. The summed E-state index contributed by atoms with van der Waals surface area (Å²) >= 11 is 0. The van der Waals surface area contributed by atoms with Crippen molar-refractivity contribution in [2.45, 2.75) is 26.4 Å². The van der Waals surface area contributed by atoms with Gasteiger partial charge in [0, 0.05) is 12.7 Å². The van der Waals surface area contributed by atoms with Crippen molar-refractivity contribution in [2.75, 3.05) is 18.6 Å². The molecule has 2 aromatic rings. The highest BCUT2D eigenvalue weighted by Gasteiger charge is 2.19. The Labute approximate surface area is 132 Å². The molecule has 0 aromatic carbocycles. The number of carbonyl (C=O) groups is 2. The molecule has 0 saturated carbocycles. The number of carbonyl (C=O) groups excluding carboxylic acids is 2. The van der Waals surface area contributed by atoms with E-state index in [0.29, 0.717) is 29.6 Å². The van der Waals surface area contributed by atoms with E-state index in [9.17, 15) is 9.59 Å². The van der Waals surface area contributed by atoms with Gasteiger partial charge in [0.1, 0.15) is 17.9 Å². The summed E-state index contributed by atoms with van der Waals surface area (Å²) in [4.78, 5) is 27.2. The molecule has 0 amide bonds. The van der Waals surface area contributed by atoms with E-state index < -0.39 is 12.0 Å². The molecule has 23 heavy (non-hydrogen) atoms. The van der Waals surface area contributed by atoms with Crippen LogP contribution in [0.15, 0.2) is 12.4 Å². The Morgan fingerprint density at radius 1 is 1.48 bits per heavy atom. The minimum atomic E-state index is -0.811. The van der Waals surface area contributed by atoms with Crippen LogP contribution in [0.3, 0.4) is 0 Å². The number of nitrogens with zero attached hydrogens (tertiary/aromatic N) is 3. The van der Waals surface area contributed by atoms with E-state index >= 15 is 0 Å². The standard InChI is InChI=1S/C14H19N5O4/c1-3-19-13-10(6-16-19)12(18-17-9(7-20)8-21)11(5-15-13)14(22)23-4-2/h5-7,9,17,21H,3-4,8H2,1-2H3,(H,15,18). The monoisotopic (exact) mass is 321 g/mol. The van der Waals surface area contributed by atoms with Gasteiger partial charge in [-0.25, -0.2) is 19.9 Å². The fourth-order valence-electron chi connectivity index (χ4n) is 2.04. The summed E-state index contributed by atoms with van der Waals surface area (Å²) in [7, 11) is 0. The second-order valence-electron chi connectivity index (χ2n) is 4.66. The number of aliphatic hydroxyl groups excluding tert-OH is 1. The number of hydrazine groups is 1. The lowest BCUT2D eigenvalue weighted by atomic mass is 10.2. The third-order valence-corrected chi connectivity index (χ3v) is 3.20. The zero-order chi connectivity index (χ0) is 16.8. The molecule has 1 unspecified atom stereocenters. The number of aliphatic hydroxyl groups is 1. The molecule has 0 saturated heterocycles. The van der Waals surface area contributed by atoms with Gasteiger partial charge in [0.25, 0.3) is 0 Å². The minimum Gasteiger partial charge on any atom is -0.462 e. The molecule has 0 fully saturated rings. The van der Waals surface area contributed by atoms with Gasteiger partial charge < -0.3 is 20.1 Å². The molecule has 0 spiro atoms. The van der Waals surface area contributed by atoms with Crippen molar-refractivity contribution < 1.29 is 19.4 Å². The molecule has 2 rings (SSSR count). The van der Waals surface area contributed by atoms with Crippen molar-refractivity contribution in [1.29, 1.82) is 0 Å². The summed E-state index contributed by atoms with van der Waals surface area (Å²) in [6.45, 7) is 4.10. The first-order valence-electron chi connectivity index (χ1n) is 7.25. The van der Waals surface area contributed by atoms with Crippen LogP contribution in [0, 0.1) is 0 Å². The average Bonchev–Trinajstić information content (AvgIpc) is 2.99. The van der Waals surface area contributed by atoms with Gasteiger partial charge in [0.15, 0.2) is 5.65 Å². The molecule has 3 N–H and O–H groups in total. The smallest absolute Gasteiger partial charge is 0.341 e. The van der Waals surface area contributed by atoms with E-state index in [4.69, 9.17) is 9.84 Å². The first kappa shape index (κ1) is 16.8. The van der Waals surface area contributed by atoms with E-state index in [2.05, 4.69) is 20.9 Å². The highest BCUT2D eigenvalue weighted by Crippen LogP contribution is 2.26. The SMILES string of the molecule is CCOC(=O)c1cnc2c(cnn2CC)c1NNC(C=O)CO. The zero-order valence-electron chi connectivity index (χ0n) is 12.9. The van der Waals surface area contributed by atoms with Crippen molar-refractivity contribution in [1.82, 2.24) is 20.2 Å². The van der Waals surface area contributed by atoms with Crippen molar-refractivity contribution in [3.8, 4) is 0 Å². The van der Waals surface area contributed by atoms with Crippen LogP contribution in [0.2, 0.25) is 0 Å². The number of nitrogens with one attached hydrogen (secondary N) is 2. The van der Waals surface area contributed by atoms with Crippen molar-refractivity contribution >= 4 is 29.0 Å². The number of aromatic nitrogens is 3. The van der Waals surface area contributed by atoms with Crippen LogP contribution in [-0.4, -0.2) is 51.4 Å². The highest BCUT2D eigenvalue weighted by molar-refractivity contribution is 6.04. The van der Waals surface area contributed by atoms with Gasteiger partial charge in [-0.3, -0.25) is 0 Å². The number of hydrogen-bond donors (Lipinski definition) is 3. The average molecular weight is 321 g/mol. The molecular formula is C14H19N5O4. The second-order valence-corrected chi connectivity index (χ2v) is 4.66. The number of fused-ring (bicyclic) bond motifs is 1. The van der Waals surface area contributed by atoms with E-state index in [0.717, 1.165) is 0 Å². The summed E-state index contributed by atoms with van der Waals surface area (Å²) in [5, 5.41) is 13.9. The maximum atomic E-state index is 12.1. The van der Waals surface area contributed by atoms with Crippen molar-refractivity contribution in [3.63, 3.8) is 0 Å². The molecule has 0 aliphatic heterocycles. The minimum absolute atomic E-state index is 0.213. The number of pyridine rings is 1. The predicted molar refractivity (Wildman–Crippen MR) is 82.9 cm³/mol. The first-order valence-corrected chi connectivity index (χ1v) is 7.25. The van der Waals surface area contributed by atoms with Gasteiger partial charge in [0.2, 0.25) is 0 Å². The van der Waals surface area contributed by atoms with Gasteiger partial charge in [-0.15, -0.1) is 0 Å². The summed E-state index contributed by atoms with van der Waals surface area (Å²) in [5.41, 5.74) is 6.65. The maximum absolute atomic E-state index is 12.1. The van der Waals surface area contributed by atoms with Crippen molar-refractivity contribution in [2.24, 2.45) is 0 Å². The Morgan fingerprint density at radius 3 is 2.87 bits per heavy atom. The lowest BCUT2D eigenvalue weighted by Crippen LogP contribution is -2.38. The number of aryl methyl sites for hydroxylation is 1. The van der Waals surface area contributed by atoms with Gasteiger partial charge >= 0.3 is 5.97 Å². The van der Waals surface area contributed by atoms with Gasteiger partial charge in [-0.1, -0.05) is 0 Å². The van der Waals surface area contributed by atoms with Crippen LogP contribution in [0.4, 0.5) is 5.69 Å². The summed E-state index contributed by atoms with van der Waals surface area (Å²) < 4.78 is 6.70. The number of rotatable bonds is 8. The molecule has 1 atom stereocenters. The van der Waals surface area contributed by atoms with Gasteiger partial charge in [-0.05, 0) is 13.8 Å². The Bertz CT molecular complexity index is 700. The molecule has 9 nitrogen and oxygen atoms in total. The van der Waals surface area contributed by atoms with E-state index in [-0.39, 0.29) is 18.8 Å². The van der Waals surface area contributed by atoms with E-state index in [1.165, 1.54) is 6.20 Å². The highest BCUT2D eigenvalue weighted by atomic mass is 16.5. The molecule has 2 aromatic heterocycles. The quantitative estimate of drug-likeness (QED) is 0.356. The Kier molecular flexibility index (Phi) is 5.61. The number of hydrogen-bond acceptors (Lipinski definition) is 8. The fraction of sp³-hybridized carbons (Fsp3) is 0.429. The van der Waals surface area contributed by atoms with E-state index in [1.54, 1.807) is 17.8 Å². The summed E-state index contributed by atoms with van der Waals surface area (Å²) in [6.07, 6.45) is 3.53. The second kappa shape index (κ2) is 7.65. The van der Waals surface area contributed by atoms with Gasteiger partial charge in [-0.2, -0.15) is 5.10 Å². The molecule has 0 aliphatic rings. The lowest BCUT2D eigenvalue weighted by molar-refractivity contribution is -0.110. The lowest BCUT2D eigenvalue weighted by Gasteiger charge is -2.15. The van der Waals surface area contributed by atoms with Gasteiger partial charge in [0.05, 0.1) is 30.5 Å². The molecule has 0 radical (unpaired) electrons. The molecule has 124 valence electrons. The molecular weight excluding hydrogens is 302 g/mol. The Balaban J connectivity index is 2.46.